The van der Waals surface area contributed by atoms with E-state index in [-0.39, 0.29) is 5.75 Å². The first kappa shape index (κ1) is 11.0. The molecule has 18 heavy (non-hydrogen) atoms. The minimum Gasteiger partial charge on any atom is -0.506 e. The summed E-state index contributed by atoms with van der Waals surface area (Å²) in [7, 11) is 1.89. The fourth-order valence-electron chi connectivity index (χ4n) is 2.03. The highest BCUT2D eigenvalue weighted by molar-refractivity contribution is 6.35. The molecular weight excluding hydrogens is 250 g/mol. The summed E-state index contributed by atoms with van der Waals surface area (Å²) in [5, 5.41) is 10.1. The predicted octanol–water partition coefficient (Wildman–Crippen LogP) is 2.99. The molecule has 0 aliphatic rings. The van der Waals surface area contributed by atoms with Gasteiger partial charge in [-0.05, 0) is 18.2 Å². The molecule has 0 amide bonds. The molecule has 1 aromatic carbocycles. The van der Waals surface area contributed by atoms with Crippen LogP contribution in [0.3, 0.4) is 0 Å². The van der Waals surface area contributed by atoms with Gasteiger partial charge in [0, 0.05) is 18.8 Å². The number of aryl methyl sites for hydroxylation is 1. The average Bonchev–Trinajstić information content (AvgIpc) is 2.68. The molecule has 0 aliphatic carbocycles. The number of para-hydroxylation sites is 1. The number of aromatic hydroxyl groups is 1. The Hall–Kier alpha value is -2.07. The van der Waals surface area contributed by atoms with Gasteiger partial charge in [0.25, 0.3) is 0 Å². The Morgan fingerprint density at radius 3 is 2.83 bits per heavy atom. The maximum Gasteiger partial charge on any atom is 0.142 e. The third-order valence-corrected chi connectivity index (χ3v) is 3.13. The highest BCUT2D eigenvalue weighted by Crippen LogP contribution is 2.29. The normalized spacial score (nSPS) is 11.0. The molecule has 0 fully saturated rings. The number of hydrogen-bond acceptors (Lipinski definition) is 3. The Kier molecular flexibility index (Phi) is 2.45. The van der Waals surface area contributed by atoms with Crippen molar-refractivity contribution in [2.45, 2.75) is 0 Å². The molecule has 0 radical (unpaired) electrons. The molecule has 2 heterocycles. The van der Waals surface area contributed by atoms with Gasteiger partial charge in [0.1, 0.15) is 11.6 Å². The molecule has 0 unspecified atom stereocenters. The van der Waals surface area contributed by atoms with Crippen molar-refractivity contribution in [1.82, 2.24) is 14.5 Å². The number of rotatable bonds is 1. The lowest BCUT2D eigenvalue weighted by atomic mass is 10.2. The minimum absolute atomic E-state index is 0.116. The van der Waals surface area contributed by atoms with Crippen molar-refractivity contribution in [1.29, 1.82) is 0 Å². The Labute approximate surface area is 108 Å². The van der Waals surface area contributed by atoms with E-state index in [0.717, 1.165) is 22.4 Å². The lowest BCUT2D eigenvalue weighted by Crippen LogP contribution is -1.93. The first-order valence-corrected chi connectivity index (χ1v) is 5.80. The second kappa shape index (κ2) is 3.99. The molecule has 2 aromatic heterocycles. The van der Waals surface area contributed by atoms with Gasteiger partial charge >= 0.3 is 0 Å². The van der Waals surface area contributed by atoms with E-state index in [1.165, 1.54) is 6.20 Å². The standard InChI is InChI=1S/C13H10ClN3O/c1-17-12-10(14)3-2-4-11(12)16-13(17)8-5-9(18)7-15-6-8/h2-7,18H,1H3. The van der Waals surface area contributed by atoms with Crippen molar-refractivity contribution >= 4 is 22.6 Å². The summed E-state index contributed by atoms with van der Waals surface area (Å²) in [5.74, 6) is 0.840. The zero-order chi connectivity index (χ0) is 12.7. The summed E-state index contributed by atoms with van der Waals surface area (Å²) < 4.78 is 1.90. The van der Waals surface area contributed by atoms with Crippen LogP contribution >= 0.6 is 11.6 Å². The largest absolute Gasteiger partial charge is 0.506 e. The number of fused-ring (bicyclic) bond motifs is 1. The first-order chi connectivity index (χ1) is 8.66. The predicted molar refractivity (Wildman–Crippen MR) is 70.6 cm³/mol. The summed E-state index contributed by atoms with van der Waals surface area (Å²) in [5.41, 5.74) is 2.45. The minimum atomic E-state index is 0.116. The van der Waals surface area contributed by atoms with Gasteiger partial charge in [-0.15, -0.1) is 0 Å². The van der Waals surface area contributed by atoms with E-state index in [4.69, 9.17) is 11.6 Å². The summed E-state index contributed by atoms with van der Waals surface area (Å²) >= 11 is 6.17. The van der Waals surface area contributed by atoms with Crippen molar-refractivity contribution in [2.75, 3.05) is 0 Å². The third kappa shape index (κ3) is 1.62. The number of halogens is 1. The fraction of sp³-hybridized carbons (Fsp3) is 0.0769. The van der Waals surface area contributed by atoms with E-state index >= 15 is 0 Å². The quantitative estimate of drug-likeness (QED) is 0.731. The van der Waals surface area contributed by atoms with Gasteiger partial charge in [0.05, 0.1) is 22.3 Å². The summed E-state index contributed by atoms with van der Waals surface area (Å²) in [6.07, 6.45) is 3.05. The molecule has 0 saturated heterocycles. The van der Waals surface area contributed by atoms with E-state index in [1.54, 1.807) is 12.3 Å². The van der Waals surface area contributed by atoms with Crippen LogP contribution < -0.4 is 0 Å². The van der Waals surface area contributed by atoms with Crippen molar-refractivity contribution in [3.05, 3.63) is 41.7 Å². The molecule has 0 spiro atoms. The molecule has 5 heteroatoms. The molecule has 3 rings (SSSR count). The van der Waals surface area contributed by atoms with Gasteiger partial charge in [-0.2, -0.15) is 0 Å². The number of pyridine rings is 1. The first-order valence-electron chi connectivity index (χ1n) is 5.42. The Morgan fingerprint density at radius 2 is 2.11 bits per heavy atom. The highest BCUT2D eigenvalue weighted by atomic mass is 35.5. The van der Waals surface area contributed by atoms with E-state index in [1.807, 2.05) is 29.8 Å². The zero-order valence-electron chi connectivity index (χ0n) is 9.63. The van der Waals surface area contributed by atoms with Crippen LogP contribution in [0.1, 0.15) is 0 Å². The molecule has 90 valence electrons. The summed E-state index contributed by atoms with van der Waals surface area (Å²) in [6, 6.07) is 7.22. The molecular formula is C13H10ClN3O. The van der Waals surface area contributed by atoms with Crippen molar-refractivity contribution in [3.63, 3.8) is 0 Å². The van der Waals surface area contributed by atoms with Gasteiger partial charge in [-0.3, -0.25) is 4.98 Å². The number of imidazole rings is 1. The molecule has 1 N–H and O–H groups in total. The second-order valence-corrected chi connectivity index (χ2v) is 4.44. The summed E-state index contributed by atoms with van der Waals surface area (Å²) in [4.78, 5) is 8.47. The molecule has 0 bridgehead atoms. The second-order valence-electron chi connectivity index (χ2n) is 4.03. The van der Waals surface area contributed by atoms with E-state index < -0.39 is 0 Å². The number of benzene rings is 1. The lowest BCUT2D eigenvalue weighted by molar-refractivity contribution is 0.473. The molecule has 3 aromatic rings. The van der Waals surface area contributed by atoms with Gasteiger partial charge in [0.15, 0.2) is 0 Å². The van der Waals surface area contributed by atoms with Crippen LogP contribution in [-0.4, -0.2) is 19.6 Å². The fourth-order valence-corrected chi connectivity index (χ4v) is 2.33. The average molecular weight is 260 g/mol. The lowest BCUT2D eigenvalue weighted by Gasteiger charge is -2.03. The van der Waals surface area contributed by atoms with Crippen molar-refractivity contribution in [3.8, 4) is 17.1 Å². The zero-order valence-corrected chi connectivity index (χ0v) is 10.4. The van der Waals surface area contributed by atoms with E-state index in [9.17, 15) is 5.11 Å². The van der Waals surface area contributed by atoms with Crippen LogP contribution in [0, 0.1) is 0 Å². The topological polar surface area (TPSA) is 50.9 Å². The number of nitrogens with zero attached hydrogens (tertiary/aromatic N) is 3. The van der Waals surface area contributed by atoms with Crippen molar-refractivity contribution < 1.29 is 5.11 Å². The van der Waals surface area contributed by atoms with Crippen LogP contribution in [0.25, 0.3) is 22.4 Å². The molecule has 0 atom stereocenters. The van der Waals surface area contributed by atoms with Crippen molar-refractivity contribution in [2.24, 2.45) is 7.05 Å². The van der Waals surface area contributed by atoms with Crippen LogP contribution in [0.5, 0.6) is 5.75 Å². The maximum absolute atomic E-state index is 9.47. The Morgan fingerprint density at radius 1 is 1.28 bits per heavy atom. The number of hydrogen-bond donors (Lipinski definition) is 1. The third-order valence-electron chi connectivity index (χ3n) is 2.83. The van der Waals surface area contributed by atoms with E-state index in [0.29, 0.717) is 5.02 Å². The highest BCUT2D eigenvalue weighted by Gasteiger charge is 2.12. The Bertz CT molecular complexity index is 736. The van der Waals surface area contributed by atoms with Gasteiger partial charge < -0.3 is 9.67 Å². The molecule has 0 aliphatic heterocycles. The smallest absolute Gasteiger partial charge is 0.142 e. The van der Waals surface area contributed by atoms with E-state index in [2.05, 4.69) is 9.97 Å². The van der Waals surface area contributed by atoms with Crippen LogP contribution in [0.4, 0.5) is 0 Å². The van der Waals surface area contributed by atoms with Gasteiger partial charge in [0.2, 0.25) is 0 Å². The number of aromatic nitrogens is 3. The maximum atomic E-state index is 9.47. The van der Waals surface area contributed by atoms with Gasteiger partial charge in [-0.1, -0.05) is 17.7 Å². The SMILES string of the molecule is Cn1c(-c2cncc(O)c2)nc2cccc(Cl)c21. The monoisotopic (exact) mass is 259 g/mol. The summed E-state index contributed by atoms with van der Waals surface area (Å²) in [6.45, 7) is 0. The van der Waals surface area contributed by atoms with Crippen LogP contribution in [-0.2, 0) is 7.05 Å². The van der Waals surface area contributed by atoms with Crippen LogP contribution in [0.2, 0.25) is 5.02 Å². The van der Waals surface area contributed by atoms with Gasteiger partial charge in [-0.25, -0.2) is 4.98 Å². The Balaban J connectivity index is 2.31. The molecule has 0 saturated carbocycles. The molecule has 4 nitrogen and oxygen atoms in total. The van der Waals surface area contributed by atoms with Crippen LogP contribution in [0.15, 0.2) is 36.7 Å².